The number of aromatic nitrogens is 3. The first-order chi connectivity index (χ1) is 19.6. The molecule has 214 valence electrons. The average molecular weight is 570 g/mol. The van der Waals surface area contributed by atoms with Gasteiger partial charge in [-0.2, -0.15) is 13.2 Å². The smallest absolute Gasteiger partial charge is 0.393 e. The Morgan fingerprint density at radius 1 is 1.17 bits per heavy atom. The lowest BCUT2D eigenvalue weighted by atomic mass is 9.98. The summed E-state index contributed by atoms with van der Waals surface area (Å²) in [5, 5.41) is 12.8. The molecule has 0 saturated carbocycles. The van der Waals surface area contributed by atoms with Crippen LogP contribution in [0.5, 0.6) is 0 Å². The molecule has 1 fully saturated rings. The van der Waals surface area contributed by atoms with Crippen LogP contribution in [0.25, 0.3) is 16.8 Å². The monoisotopic (exact) mass is 569 g/mol. The third-order valence-corrected chi connectivity index (χ3v) is 7.56. The van der Waals surface area contributed by atoms with Crippen LogP contribution in [0.1, 0.15) is 39.4 Å². The Hall–Kier alpha value is -4.03. The van der Waals surface area contributed by atoms with Crippen molar-refractivity contribution in [3.8, 4) is 11.1 Å². The van der Waals surface area contributed by atoms with Crippen LogP contribution in [0.3, 0.4) is 0 Å². The predicted octanol–water partition coefficient (Wildman–Crippen LogP) is 4.80. The van der Waals surface area contributed by atoms with Crippen molar-refractivity contribution in [1.82, 2.24) is 14.4 Å². The van der Waals surface area contributed by atoms with E-state index in [1.807, 2.05) is 16.7 Å². The Kier molecular flexibility index (Phi) is 6.90. The van der Waals surface area contributed by atoms with E-state index in [4.69, 9.17) is 9.72 Å². The number of alkyl halides is 3. The van der Waals surface area contributed by atoms with E-state index in [9.17, 15) is 23.1 Å². The molecule has 1 atom stereocenters. The third-order valence-electron chi connectivity index (χ3n) is 7.56. The zero-order chi connectivity index (χ0) is 28.9. The zero-order valence-corrected chi connectivity index (χ0v) is 22.1. The van der Waals surface area contributed by atoms with Crippen LogP contribution in [-0.2, 0) is 23.8 Å². The van der Waals surface area contributed by atoms with Gasteiger partial charge in [0.1, 0.15) is 11.5 Å². The van der Waals surface area contributed by atoms with Crippen molar-refractivity contribution in [2.24, 2.45) is 0 Å². The van der Waals surface area contributed by atoms with Crippen LogP contribution in [-0.4, -0.2) is 57.8 Å². The molecular formula is C29H27F4N5O3. The molecule has 1 aromatic carbocycles. The number of aliphatic hydroxyl groups is 1. The highest BCUT2D eigenvalue weighted by molar-refractivity contribution is 6.04. The normalized spacial score (nSPS) is 17.5. The predicted molar refractivity (Wildman–Crippen MR) is 144 cm³/mol. The number of aliphatic hydroxyl groups excluding tert-OH is 1. The molecule has 8 nitrogen and oxygen atoms in total. The molecule has 6 rings (SSSR count). The van der Waals surface area contributed by atoms with E-state index in [0.29, 0.717) is 62.8 Å². The fraction of sp³-hybridized carbons (Fsp3) is 0.345. The molecule has 1 aliphatic heterocycles. The summed E-state index contributed by atoms with van der Waals surface area (Å²) in [4.78, 5) is 23.2. The van der Waals surface area contributed by atoms with Gasteiger partial charge >= 0.3 is 6.18 Å². The number of fused-ring (bicyclic) bond motifs is 3. The summed E-state index contributed by atoms with van der Waals surface area (Å²) >= 11 is 0. The van der Waals surface area contributed by atoms with E-state index in [1.54, 1.807) is 6.92 Å². The molecule has 0 radical (unpaired) electrons. The molecule has 1 amide bonds. The lowest BCUT2D eigenvalue weighted by Crippen LogP contribution is -2.36. The molecule has 12 heteroatoms. The van der Waals surface area contributed by atoms with Crippen LogP contribution >= 0.6 is 0 Å². The minimum absolute atomic E-state index is 0.169. The van der Waals surface area contributed by atoms with Gasteiger partial charge in [-0.05, 0) is 61.2 Å². The molecule has 4 aromatic rings. The number of amides is 1. The number of aryl methyl sites for hydroxylation is 2. The molecule has 1 aliphatic carbocycles. The Labute approximate surface area is 232 Å². The molecule has 0 spiro atoms. The number of nitrogens with one attached hydrogen (secondary N) is 1. The molecule has 3 aromatic heterocycles. The van der Waals surface area contributed by atoms with Gasteiger partial charge in [-0.25, -0.2) is 9.37 Å². The van der Waals surface area contributed by atoms with Crippen molar-refractivity contribution in [3.05, 3.63) is 76.8 Å². The van der Waals surface area contributed by atoms with Crippen LogP contribution < -0.4 is 10.2 Å². The van der Waals surface area contributed by atoms with Crippen molar-refractivity contribution in [3.63, 3.8) is 0 Å². The quantitative estimate of drug-likeness (QED) is 0.343. The second-order valence-electron chi connectivity index (χ2n) is 10.3. The Morgan fingerprint density at radius 3 is 2.71 bits per heavy atom. The number of imidazole rings is 1. The summed E-state index contributed by atoms with van der Waals surface area (Å²) in [6, 6.07) is 6.50. The number of halogens is 4. The van der Waals surface area contributed by atoms with Crippen LogP contribution in [0.2, 0.25) is 0 Å². The highest BCUT2D eigenvalue weighted by Crippen LogP contribution is 2.36. The number of rotatable bonds is 4. The Morgan fingerprint density at radius 2 is 1.95 bits per heavy atom. The number of hydrogen-bond donors (Lipinski definition) is 2. The summed E-state index contributed by atoms with van der Waals surface area (Å²) in [6.07, 6.45) is -0.659. The second kappa shape index (κ2) is 10.4. The number of hydrogen-bond acceptors (Lipinski definition) is 6. The maximum atomic E-state index is 15.1. The van der Waals surface area contributed by atoms with E-state index in [2.05, 4.69) is 15.2 Å². The SMILES string of the molecule is Cc1cc(F)c(NC(=O)c2ccnc(C(F)(F)F)c2)cc1-c1cc(N2CCOCC2)c2nc3c(n2c1)CC(O)CC3. The number of morpholine rings is 1. The number of ether oxygens (including phenoxy) is 1. The molecule has 2 N–H and O–H groups in total. The summed E-state index contributed by atoms with van der Waals surface area (Å²) in [6.45, 7) is 4.19. The molecule has 4 heterocycles. The maximum absolute atomic E-state index is 15.1. The van der Waals surface area contributed by atoms with Crippen molar-refractivity contribution in [2.75, 3.05) is 36.5 Å². The molecule has 1 saturated heterocycles. The van der Waals surface area contributed by atoms with E-state index in [-0.39, 0.29) is 11.3 Å². The number of nitrogens with zero attached hydrogens (tertiary/aromatic N) is 4. The topological polar surface area (TPSA) is 92.0 Å². The standard InChI is InChI=1S/C29H27F4N5O3/c1-16-10-21(30)23(36-28(40)17-4-5-34-26(12-17)29(31,32)33)14-20(16)18-11-25(37-6-8-41-9-7-37)27-35-22-3-2-19(39)13-24(22)38(27)15-18/h4-5,10-12,14-15,19,39H,2-3,6-9,13H2,1H3,(H,36,40). The van der Waals surface area contributed by atoms with Gasteiger partial charge < -0.3 is 24.5 Å². The highest BCUT2D eigenvalue weighted by atomic mass is 19.4. The number of pyridine rings is 2. The first-order valence-electron chi connectivity index (χ1n) is 13.3. The van der Waals surface area contributed by atoms with Gasteiger partial charge in [-0.15, -0.1) is 0 Å². The second-order valence-corrected chi connectivity index (χ2v) is 10.3. The first kappa shape index (κ1) is 27.2. The molecule has 41 heavy (non-hydrogen) atoms. The van der Waals surface area contributed by atoms with E-state index in [1.165, 1.54) is 12.1 Å². The number of anilines is 2. The minimum atomic E-state index is -4.72. The average Bonchev–Trinajstić information content (AvgIpc) is 3.31. The van der Waals surface area contributed by atoms with Gasteiger partial charge in [0.2, 0.25) is 0 Å². The highest BCUT2D eigenvalue weighted by Gasteiger charge is 2.33. The van der Waals surface area contributed by atoms with Gasteiger partial charge in [0.25, 0.3) is 5.91 Å². The molecule has 0 bridgehead atoms. The van der Waals surface area contributed by atoms with E-state index in [0.717, 1.165) is 40.5 Å². The number of benzene rings is 1. The summed E-state index contributed by atoms with van der Waals surface area (Å²) < 4.78 is 61.9. The third kappa shape index (κ3) is 5.24. The van der Waals surface area contributed by atoms with Crippen LogP contribution in [0.4, 0.5) is 28.9 Å². The zero-order valence-electron chi connectivity index (χ0n) is 22.1. The number of carbonyl (C=O) groups excluding carboxylic acids is 1. The van der Waals surface area contributed by atoms with Gasteiger partial charge in [0.05, 0.1) is 36.4 Å². The van der Waals surface area contributed by atoms with Crippen molar-refractivity contribution < 1.29 is 32.2 Å². The van der Waals surface area contributed by atoms with Crippen molar-refractivity contribution in [1.29, 1.82) is 0 Å². The first-order valence-corrected chi connectivity index (χ1v) is 13.3. The fourth-order valence-electron chi connectivity index (χ4n) is 5.45. The molecule has 1 unspecified atom stereocenters. The fourth-order valence-corrected chi connectivity index (χ4v) is 5.45. The Balaban J connectivity index is 1.42. The van der Waals surface area contributed by atoms with Crippen LogP contribution in [0, 0.1) is 12.7 Å². The van der Waals surface area contributed by atoms with Gasteiger partial charge in [0.15, 0.2) is 5.65 Å². The van der Waals surface area contributed by atoms with Crippen LogP contribution in [0.15, 0.2) is 42.7 Å². The Bertz CT molecular complexity index is 1650. The maximum Gasteiger partial charge on any atom is 0.433 e. The summed E-state index contributed by atoms with van der Waals surface area (Å²) in [5.74, 6) is -1.61. The summed E-state index contributed by atoms with van der Waals surface area (Å²) in [7, 11) is 0. The minimum Gasteiger partial charge on any atom is -0.393 e. The summed E-state index contributed by atoms with van der Waals surface area (Å²) in [5.41, 5.74) is 3.77. The molecular weight excluding hydrogens is 542 g/mol. The number of carbonyl (C=O) groups is 1. The van der Waals surface area contributed by atoms with E-state index >= 15 is 4.39 Å². The lowest BCUT2D eigenvalue weighted by Gasteiger charge is -2.29. The van der Waals surface area contributed by atoms with E-state index < -0.39 is 29.7 Å². The molecule has 2 aliphatic rings. The van der Waals surface area contributed by atoms with Gasteiger partial charge in [-0.1, -0.05) is 0 Å². The van der Waals surface area contributed by atoms with Crippen molar-refractivity contribution >= 4 is 22.9 Å². The van der Waals surface area contributed by atoms with Crippen molar-refractivity contribution in [2.45, 2.75) is 38.5 Å². The van der Waals surface area contributed by atoms with Gasteiger partial charge in [-0.3, -0.25) is 9.78 Å². The lowest BCUT2D eigenvalue weighted by molar-refractivity contribution is -0.141. The largest absolute Gasteiger partial charge is 0.433 e. The van der Waals surface area contributed by atoms with Gasteiger partial charge in [0, 0.05) is 48.7 Å².